The average Bonchev–Trinajstić information content (AvgIpc) is 3.30. The van der Waals surface area contributed by atoms with E-state index in [0.717, 1.165) is 28.2 Å². The van der Waals surface area contributed by atoms with Crippen molar-refractivity contribution in [1.29, 1.82) is 0 Å². The van der Waals surface area contributed by atoms with Crippen LogP contribution < -0.4 is 14.9 Å². The summed E-state index contributed by atoms with van der Waals surface area (Å²) in [5.41, 5.74) is 8.15. The maximum atomic E-state index is 12.6. The number of carbonyl (C=O) groups is 1. The van der Waals surface area contributed by atoms with E-state index >= 15 is 0 Å². The van der Waals surface area contributed by atoms with E-state index < -0.39 is 0 Å². The molecule has 0 aliphatic rings. The van der Waals surface area contributed by atoms with Gasteiger partial charge < -0.3 is 14.0 Å². The minimum Gasteiger partial charge on any atom is -0.490 e. The Balaban J connectivity index is 1.45. The highest BCUT2D eigenvalue weighted by Crippen LogP contribution is 2.28. The van der Waals surface area contributed by atoms with Gasteiger partial charge in [0.15, 0.2) is 11.5 Å². The molecule has 0 radical (unpaired) electrons. The monoisotopic (exact) mass is 477 g/mol. The molecule has 0 aliphatic carbocycles. The molecular weight excluding hydrogens is 450 g/mol. The van der Waals surface area contributed by atoms with Gasteiger partial charge in [0, 0.05) is 16.9 Å². The number of nitrogens with one attached hydrogen (secondary N) is 1. The Bertz CT molecular complexity index is 1400. The molecule has 0 spiro atoms. The molecule has 180 valence electrons. The molecule has 6 heteroatoms. The third-order valence-electron chi connectivity index (χ3n) is 5.49. The van der Waals surface area contributed by atoms with Gasteiger partial charge in [-0.25, -0.2) is 5.43 Å². The average molecular weight is 478 g/mol. The van der Waals surface area contributed by atoms with Crippen molar-refractivity contribution in [3.63, 3.8) is 0 Å². The fourth-order valence-corrected chi connectivity index (χ4v) is 3.82. The highest BCUT2D eigenvalue weighted by atomic mass is 16.5. The summed E-state index contributed by atoms with van der Waals surface area (Å²) in [6.45, 7) is 4.58. The van der Waals surface area contributed by atoms with Crippen molar-refractivity contribution in [1.82, 2.24) is 9.99 Å². The van der Waals surface area contributed by atoms with Crippen molar-refractivity contribution in [2.24, 2.45) is 5.10 Å². The first-order valence-electron chi connectivity index (χ1n) is 11.6. The minimum absolute atomic E-state index is 0.153. The van der Waals surface area contributed by atoms with Crippen LogP contribution in [0.5, 0.6) is 11.5 Å². The van der Waals surface area contributed by atoms with Crippen molar-refractivity contribution in [3.8, 4) is 40.8 Å². The largest absolute Gasteiger partial charge is 0.490 e. The van der Waals surface area contributed by atoms with Crippen LogP contribution in [0.2, 0.25) is 0 Å². The molecule has 0 saturated heterocycles. The lowest BCUT2D eigenvalue weighted by atomic mass is 10.1. The van der Waals surface area contributed by atoms with Gasteiger partial charge in [-0.2, -0.15) is 5.10 Å². The predicted molar refractivity (Wildman–Crippen MR) is 143 cm³/mol. The number of hydrazone groups is 1. The number of nitrogens with zero attached hydrogens (tertiary/aromatic N) is 2. The number of ether oxygens (including phenoxy) is 2. The number of aromatic nitrogens is 1. The van der Waals surface area contributed by atoms with Gasteiger partial charge in [-0.3, -0.25) is 4.79 Å². The number of rotatable bonds is 9. The van der Waals surface area contributed by atoms with Gasteiger partial charge in [0.2, 0.25) is 0 Å². The van der Waals surface area contributed by atoms with Gasteiger partial charge in [-0.1, -0.05) is 36.3 Å². The Kier molecular flexibility index (Phi) is 7.84. The van der Waals surface area contributed by atoms with Crippen LogP contribution in [0.3, 0.4) is 0 Å². The van der Waals surface area contributed by atoms with Gasteiger partial charge >= 0.3 is 0 Å². The zero-order chi connectivity index (χ0) is 25.3. The van der Waals surface area contributed by atoms with Crippen LogP contribution in [0.15, 0.2) is 90.0 Å². The number of aryl methyl sites for hydroxylation is 1. The fourth-order valence-electron chi connectivity index (χ4n) is 3.82. The zero-order valence-corrected chi connectivity index (χ0v) is 20.3. The molecule has 1 N–H and O–H groups in total. The molecule has 0 fully saturated rings. The third-order valence-corrected chi connectivity index (χ3v) is 5.49. The Morgan fingerprint density at radius 2 is 1.78 bits per heavy atom. The number of hydrogen-bond acceptors (Lipinski definition) is 4. The number of benzene rings is 3. The molecule has 4 rings (SSSR count). The molecule has 4 aromatic rings. The molecule has 0 atom stereocenters. The highest BCUT2D eigenvalue weighted by molar-refractivity contribution is 5.95. The van der Waals surface area contributed by atoms with Crippen LogP contribution in [-0.2, 0) is 0 Å². The molecule has 0 aliphatic heterocycles. The van der Waals surface area contributed by atoms with Crippen molar-refractivity contribution in [2.45, 2.75) is 13.8 Å². The summed E-state index contributed by atoms with van der Waals surface area (Å²) in [5.74, 6) is 3.26. The second-order valence-electron chi connectivity index (χ2n) is 7.94. The van der Waals surface area contributed by atoms with E-state index in [0.29, 0.717) is 23.7 Å². The van der Waals surface area contributed by atoms with E-state index in [9.17, 15) is 4.79 Å². The molecule has 0 saturated carbocycles. The van der Waals surface area contributed by atoms with E-state index in [1.54, 1.807) is 30.5 Å². The predicted octanol–water partition coefficient (Wildman–Crippen LogP) is 5.63. The van der Waals surface area contributed by atoms with E-state index in [-0.39, 0.29) is 12.5 Å². The van der Waals surface area contributed by atoms with Crippen molar-refractivity contribution < 1.29 is 14.3 Å². The number of carbonyl (C=O) groups excluding carboxylic acids is 1. The van der Waals surface area contributed by atoms with Crippen LogP contribution in [-0.4, -0.2) is 29.9 Å². The molecule has 6 nitrogen and oxygen atoms in total. The summed E-state index contributed by atoms with van der Waals surface area (Å²) in [6, 6.07) is 27.2. The summed E-state index contributed by atoms with van der Waals surface area (Å²) < 4.78 is 13.3. The van der Waals surface area contributed by atoms with Crippen LogP contribution >= 0.6 is 0 Å². The maximum Gasteiger partial charge on any atom is 0.271 e. The lowest BCUT2D eigenvalue weighted by Gasteiger charge is -2.13. The number of terminal acetylenes is 1. The first kappa shape index (κ1) is 24.4. The van der Waals surface area contributed by atoms with Crippen molar-refractivity contribution >= 4 is 12.1 Å². The van der Waals surface area contributed by atoms with Gasteiger partial charge in [0.25, 0.3) is 5.91 Å². The Hall–Kier alpha value is -4.76. The summed E-state index contributed by atoms with van der Waals surface area (Å²) in [6.07, 6.45) is 6.81. The summed E-state index contributed by atoms with van der Waals surface area (Å²) in [7, 11) is 0. The molecular formula is C30H27N3O3. The van der Waals surface area contributed by atoms with Crippen LogP contribution in [0, 0.1) is 19.3 Å². The van der Waals surface area contributed by atoms with Crippen molar-refractivity contribution in [3.05, 3.63) is 102 Å². The second kappa shape index (κ2) is 11.6. The van der Waals surface area contributed by atoms with Crippen molar-refractivity contribution in [2.75, 3.05) is 13.2 Å². The van der Waals surface area contributed by atoms with Gasteiger partial charge in [-0.15, -0.1) is 6.42 Å². The molecule has 1 heterocycles. The van der Waals surface area contributed by atoms with Crippen LogP contribution in [0.1, 0.15) is 28.5 Å². The molecule has 1 aromatic heterocycles. The molecule has 3 aromatic carbocycles. The second-order valence-corrected chi connectivity index (χ2v) is 7.94. The SMILES string of the molecule is C#CCOc1ccc(/C=N/NC(=O)c2ccc(-n3c(C)ccc3-c3ccccc3)cc2)cc1OCC. The lowest BCUT2D eigenvalue weighted by molar-refractivity contribution is 0.0955. The minimum atomic E-state index is -0.302. The van der Waals surface area contributed by atoms with E-state index in [2.05, 4.69) is 52.2 Å². The quantitative estimate of drug-likeness (QED) is 0.193. The molecule has 0 bridgehead atoms. The first-order valence-corrected chi connectivity index (χ1v) is 11.6. The zero-order valence-electron chi connectivity index (χ0n) is 20.3. The fraction of sp³-hybridized carbons (Fsp3) is 0.133. The molecule has 36 heavy (non-hydrogen) atoms. The highest BCUT2D eigenvalue weighted by Gasteiger charge is 2.11. The number of hydrogen-bond donors (Lipinski definition) is 1. The van der Waals surface area contributed by atoms with E-state index in [1.165, 1.54) is 0 Å². The Morgan fingerprint density at radius 3 is 2.50 bits per heavy atom. The molecule has 1 amide bonds. The molecule has 0 unspecified atom stereocenters. The normalized spacial score (nSPS) is 10.7. The Labute approximate surface area is 211 Å². The third kappa shape index (κ3) is 5.65. The topological polar surface area (TPSA) is 64.8 Å². The Morgan fingerprint density at radius 1 is 1.00 bits per heavy atom. The van der Waals surface area contributed by atoms with Gasteiger partial charge in [0.05, 0.1) is 18.5 Å². The van der Waals surface area contributed by atoms with Gasteiger partial charge in [0.1, 0.15) is 6.61 Å². The summed E-state index contributed by atoms with van der Waals surface area (Å²) in [4.78, 5) is 12.6. The first-order chi connectivity index (χ1) is 17.6. The summed E-state index contributed by atoms with van der Waals surface area (Å²) >= 11 is 0. The maximum absolute atomic E-state index is 12.6. The lowest BCUT2D eigenvalue weighted by Crippen LogP contribution is -2.17. The summed E-state index contributed by atoms with van der Waals surface area (Å²) in [5, 5.41) is 4.09. The van der Waals surface area contributed by atoms with Crippen LogP contribution in [0.4, 0.5) is 0 Å². The number of amides is 1. The van der Waals surface area contributed by atoms with E-state index in [1.807, 2.05) is 43.3 Å². The van der Waals surface area contributed by atoms with Crippen LogP contribution in [0.25, 0.3) is 16.9 Å². The van der Waals surface area contributed by atoms with Gasteiger partial charge in [-0.05, 0) is 79.6 Å². The standard InChI is InChI=1S/C30H27N3O3/c1-4-19-36-28-18-12-23(20-29(28)35-5-2)21-31-32-30(34)25-13-15-26(16-14-25)33-22(3)11-17-27(33)24-9-7-6-8-10-24/h1,6-18,20-21H,5,19H2,2-3H3,(H,32,34)/b31-21+. The smallest absolute Gasteiger partial charge is 0.271 e. The van der Waals surface area contributed by atoms with E-state index in [4.69, 9.17) is 15.9 Å².